The van der Waals surface area contributed by atoms with Crippen LogP contribution in [0.15, 0.2) is 0 Å². The summed E-state index contributed by atoms with van der Waals surface area (Å²) in [5.41, 5.74) is 0.0473. The molecule has 1 aliphatic carbocycles. The predicted octanol–water partition coefficient (Wildman–Crippen LogP) is 1.89. The minimum atomic E-state index is 0.0473. The van der Waals surface area contributed by atoms with Crippen molar-refractivity contribution in [1.29, 1.82) is 0 Å². The van der Waals surface area contributed by atoms with Gasteiger partial charge in [-0.25, -0.2) is 4.79 Å². The summed E-state index contributed by atoms with van der Waals surface area (Å²) < 4.78 is 6.02. The van der Waals surface area contributed by atoms with E-state index in [1.165, 1.54) is 12.8 Å². The topological polar surface area (TPSA) is 61.8 Å². The molecule has 0 bridgehead atoms. The van der Waals surface area contributed by atoms with Crippen LogP contribution in [0.1, 0.15) is 51.4 Å². The van der Waals surface area contributed by atoms with Gasteiger partial charge in [0.25, 0.3) is 0 Å². The van der Waals surface area contributed by atoms with Crippen LogP contribution >= 0.6 is 0 Å². The third kappa shape index (κ3) is 3.51. The van der Waals surface area contributed by atoms with Crippen LogP contribution in [0.2, 0.25) is 0 Å². The molecular weight excluding hydrogens is 268 g/mol. The number of urea groups is 1. The van der Waals surface area contributed by atoms with Crippen LogP contribution in [-0.2, 0) is 4.74 Å². The summed E-state index contributed by atoms with van der Waals surface area (Å²) >= 11 is 0. The Morgan fingerprint density at radius 1 is 1.29 bits per heavy atom. The van der Waals surface area contributed by atoms with Gasteiger partial charge in [0.1, 0.15) is 0 Å². The van der Waals surface area contributed by atoms with E-state index < -0.39 is 0 Å². The Labute approximate surface area is 127 Å². The minimum absolute atomic E-state index is 0.0473. The van der Waals surface area contributed by atoms with Crippen LogP contribution in [0, 0.1) is 5.92 Å². The third-order valence-electron chi connectivity index (χ3n) is 5.40. The number of nitrogens with one attached hydrogen (secondary N) is 1. The fourth-order valence-electron chi connectivity index (χ4n) is 4.18. The molecule has 3 rings (SSSR count). The molecule has 2 amide bonds. The summed E-state index contributed by atoms with van der Waals surface area (Å²) in [5, 5.41) is 12.5. The van der Waals surface area contributed by atoms with Gasteiger partial charge in [0.2, 0.25) is 0 Å². The van der Waals surface area contributed by atoms with Gasteiger partial charge in [0, 0.05) is 32.3 Å². The Kier molecular flexibility index (Phi) is 4.69. The van der Waals surface area contributed by atoms with Crippen LogP contribution in [0.3, 0.4) is 0 Å². The summed E-state index contributed by atoms with van der Waals surface area (Å²) in [4.78, 5) is 14.3. The smallest absolute Gasteiger partial charge is 0.317 e. The van der Waals surface area contributed by atoms with Gasteiger partial charge < -0.3 is 20.1 Å². The summed E-state index contributed by atoms with van der Waals surface area (Å²) in [6.45, 7) is 2.46. The second-order valence-electron chi connectivity index (χ2n) is 7.01. The molecule has 5 nitrogen and oxygen atoms in total. The van der Waals surface area contributed by atoms with Gasteiger partial charge in [0.15, 0.2) is 0 Å². The number of likely N-dealkylation sites (tertiary alicyclic amines) is 1. The van der Waals surface area contributed by atoms with Gasteiger partial charge in [-0.15, -0.1) is 0 Å². The number of aliphatic hydroxyl groups excluding tert-OH is 1. The Balaban J connectivity index is 1.52. The van der Waals surface area contributed by atoms with Gasteiger partial charge in [-0.2, -0.15) is 0 Å². The summed E-state index contributed by atoms with van der Waals surface area (Å²) in [7, 11) is 0. The maximum Gasteiger partial charge on any atom is 0.317 e. The van der Waals surface area contributed by atoms with E-state index in [9.17, 15) is 9.90 Å². The monoisotopic (exact) mass is 296 g/mol. The maximum atomic E-state index is 12.4. The summed E-state index contributed by atoms with van der Waals surface area (Å²) in [6, 6.07) is 0.298. The number of aliphatic hydroxyl groups is 1. The Hall–Kier alpha value is -0.810. The number of amides is 2. The highest BCUT2D eigenvalue weighted by atomic mass is 16.5. The minimum Gasteiger partial charge on any atom is -0.396 e. The van der Waals surface area contributed by atoms with Gasteiger partial charge in [-0.3, -0.25) is 0 Å². The number of piperidine rings is 1. The average molecular weight is 296 g/mol. The van der Waals surface area contributed by atoms with Crippen molar-refractivity contribution in [2.45, 2.75) is 63.0 Å². The highest BCUT2D eigenvalue weighted by Crippen LogP contribution is 2.40. The first-order valence-electron chi connectivity index (χ1n) is 8.51. The van der Waals surface area contributed by atoms with E-state index in [0.29, 0.717) is 6.54 Å². The second-order valence-corrected chi connectivity index (χ2v) is 7.01. The number of ether oxygens (including phenoxy) is 1. The van der Waals surface area contributed by atoms with Crippen LogP contribution in [-0.4, -0.2) is 54.0 Å². The Morgan fingerprint density at radius 2 is 2.10 bits per heavy atom. The molecule has 5 heteroatoms. The van der Waals surface area contributed by atoms with Gasteiger partial charge in [-0.1, -0.05) is 12.8 Å². The van der Waals surface area contributed by atoms with Crippen molar-refractivity contribution >= 4 is 6.03 Å². The summed E-state index contributed by atoms with van der Waals surface area (Å²) in [5.74, 6) is 0.250. The number of carbonyl (C=O) groups excluding carboxylic acids is 1. The molecule has 3 aliphatic rings. The molecule has 0 aromatic carbocycles. The third-order valence-corrected chi connectivity index (χ3v) is 5.40. The molecule has 2 heterocycles. The molecule has 2 aliphatic heterocycles. The molecule has 3 fully saturated rings. The number of nitrogens with zero attached hydrogens (tertiary/aromatic N) is 1. The highest BCUT2D eigenvalue weighted by Gasteiger charge is 2.40. The van der Waals surface area contributed by atoms with Crippen molar-refractivity contribution in [2.75, 3.05) is 26.3 Å². The quantitative estimate of drug-likeness (QED) is 0.818. The maximum absolute atomic E-state index is 12.4. The van der Waals surface area contributed by atoms with Crippen LogP contribution in [0.4, 0.5) is 4.79 Å². The fourth-order valence-corrected chi connectivity index (χ4v) is 4.18. The highest BCUT2D eigenvalue weighted by molar-refractivity contribution is 5.74. The molecule has 2 unspecified atom stereocenters. The van der Waals surface area contributed by atoms with Crippen molar-refractivity contribution in [3.05, 3.63) is 0 Å². The van der Waals surface area contributed by atoms with Crippen molar-refractivity contribution in [3.8, 4) is 0 Å². The zero-order valence-electron chi connectivity index (χ0n) is 12.9. The first-order chi connectivity index (χ1) is 10.2. The van der Waals surface area contributed by atoms with Gasteiger partial charge in [0.05, 0.1) is 5.60 Å². The van der Waals surface area contributed by atoms with E-state index in [2.05, 4.69) is 5.32 Å². The van der Waals surface area contributed by atoms with E-state index >= 15 is 0 Å². The molecule has 1 saturated carbocycles. The second kappa shape index (κ2) is 6.53. The predicted molar refractivity (Wildman–Crippen MR) is 80.1 cm³/mol. The van der Waals surface area contributed by atoms with Crippen molar-refractivity contribution < 1.29 is 14.6 Å². The average Bonchev–Trinajstić information content (AvgIpc) is 2.95. The van der Waals surface area contributed by atoms with Crippen LogP contribution in [0.5, 0.6) is 0 Å². The largest absolute Gasteiger partial charge is 0.396 e. The number of hydrogen-bond donors (Lipinski definition) is 2. The number of rotatable bonds is 2. The van der Waals surface area contributed by atoms with E-state index in [1.807, 2.05) is 4.90 Å². The van der Waals surface area contributed by atoms with Crippen molar-refractivity contribution in [1.82, 2.24) is 10.2 Å². The first-order valence-corrected chi connectivity index (χ1v) is 8.51. The molecule has 120 valence electrons. The lowest BCUT2D eigenvalue weighted by Crippen LogP contribution is -2.53. The van der Waals surface area contributed by atoms with E-state index in [4.69, 9.17) is 4.74 Å². The number of carbonyl (C=O) groups is 1. The Bertz CT molecular complexity index is 369. The zero-order valence-corrected chi connectivity index (χ0v) is 12.9. The van der Waals surface area contributed by atoms with E-state index in [1.54, 1.807) is 0 Å². The van der Waals surface area contributed by atoms with Crippen LogP contribution < -0.4 is 5.32 Å². The number of hydrogen-bond acceptors (Lipinski definition) is 3. The van der Waals surface area contributed by atoms with E-state index in [0.717, 1.165) is 51.7 Å². The van der Waals surface area contributed by atoms with Crippen molar-refractivity contribution in [2.24, 2.45) is 5.92 Å². The SMILES string of the molecule is O=C(NC1CCOC2(CCCC2)C1)N1CCCC(CO)C1. The lowest BCUT2D eigenvalue weighted by Gasteiger charge is -2.40. The molecular formula is C16H28N2O3. The lowest BCUT2D eigenvalue weighted by molar-refractivity contribution is -0.0824. The van der Waals surface area contributed by atoms with E-state index in [-0.39, 0.29) is 30.2 Å². The van der Waals surface area contributed by atoms with Gasteiger partial charge in [-0.05, 0) is 44.4 Å². The normalized spacial score (nSPS) is 32.3. The molecule has 0 radical (unpaired) electrons. The van der Waals surface area contributed by atoms with Gasteiger partial charge >= 0.3 is 6.03 Å². The zero-order chi connectivity index (χ0) is 14.7. The molecule has 2 atom stereocenters. The lowest BCUT2D eigenvalue weighted by atomic mass is 9.89. The standard InChI is InChI=1S/C16H28N2O3/c19-12-13-4-3-8-18(11-13)15(20)17-14-5-9-21-16(10-14)6-1-2-7-16/h13-14,19H,1-12H2,(H,17,20). The fraction of sp³-hybridized carbons (Fsp3) is 0.938. The molecule has 21 heavy (non-hydrogen) atoms. The molecule has 2 saturated heterocycles. The van der Waals surface area contributed by atoms with Crippen LogP contribution in [0.25, 0.3) is 0 Å². The molecule has 1 spiro atoms. The molecule has 0 aromatic heterocycles. The Morgan fingerprint density at radius 3 is 2.86 bits per heavy atom. The summed E-state index contributed by atoms with van der Waals surface area (Å²) in [6.07, 6.45) is 8.72. The molecule has 2 N–H and O–H groups in total. The molecule has 0 aromatic rings. The first kappa shape index (κ1) is 15.1. The van der Waals surface area contributed by atoms with Crippen molar-refractivity contribution in [3.63, 3.8) is 0 Å².